The van der Waals surface area contributed by atoms with Crippen molar-refractivity contribution in [3.05, 3.63) is 69.7 Å². The monoisotopic (exact) mass is 453 g/mol. The zero-order chi connectivity index (χ0) is 22.1. The number of hydrogen-bond acceptors (Lipinski definition) is 6. The smallest absolute Gasteiger partial charge is 0.408 e. The van der Waals surface area contributed by atoms with Gasteiger partial charge in [0.1, 0.15) is 12.6 Å². The van der Waals surface area contributed by atoms with E-state index in [9.17, 15) is 19.2 Å². The van der Waals surface area contributed by atoms with E-state index in [0.717, 1.165) is 0 Å². The Morgan fingerprint density at radius 2 is 1.57 bits per heavy atom. The Hall–Kier alpha value is -3.10. The summed E-state index contributed by atoms with van der Waals surface area (Å²) in [6.07, 6.45) is -1.71. The predicted molar refractivity (Wildman–Crippen MR) is 108 cm³/mol. The first-order valence-electron chi connectivity index (χ1n) is 8.60. The van der Waals surface area contributed by atoms with Gasteiger partial charge in [-0.2, -0.15) is 0 Å². The second-order valence-electron chi connectivity index (χ2n) is 6.00. The third kappa shape index (κ3) is 7.06. The van der Waals surface area contributed by atoms with E-state index in [1.165, 1.54) is 18.2 Å². The summed E-state index contributed by atoms with van der Waals surface area (Å²) in [6.45, 7) is -0.863. The predicted octanol–water partition coefficient (Wildman–Crippen LogP) is 3.49. The van der Waals surface area contributed by atoms with Gasteiger partial charge in [-0.25, -0.2) is 9.59 Å². The molecule has 0 saturated heterocycles. The van der Waals surface area contributed by atoms with Gasteiger partial charge in [0.2, 0.25) is 0 Å². The first-order chi connectivity index (χ1) is 14.3. The number of carbonyl (C=O) groups excluding carboxylic acids is 3. The number of amides is 1. The number of Topliss-reactive ketones (excluding diaryl/α,β-unsaturated/α-hetero) is 1. The normalized spacial score (nSPS) is 11.3. The van der Waals surface area contributed by atoms with Gasteiger partial charge < -0.3 is 19.9 Å². The van der Waals surface area contributed by atoms with E-state index in [-0.39, 0.29) is 22.2 Å². The molecule has 0 fully saturated rings. The summed E-state index contributed by atoms with van der Waals surface area (Å²) < 4.78 is 9.86. The Morgan fingerprint density at radius 1 is 0.933 bits per heavy atom. The summed E-state index contributed by atoms with van der Waals surface area (Å²) in [5.41, 5.74) is 0.581. The molecule has 0 aromatic heterocycles. The number of carbonyl (C=O) groups is 4. The SMILES string of the molecule is O=C(O)CC(NC(=O)OCc1ccccc1)C(=O)COC(=O)c1c(Cl)cccc1Cl. The van der Waals surface area contributed by atoms with Crippen molar-refractivity contribution in [3.8, 4) is 0 Å². The number of ketones is 1. The topological polar surface area (TPSA) is 119 Å². The molecule has 1 unspecified atom stereocenters. The largest absolute Gasteiger partial charge is 0.481 e. The minimum absolute atomic E-state index is 0.0321. The second kappa shape index (κ2) is 11.2. The first-order valence-corrected chi connectivity index (χ1v) is 9.36. The van der Waals surface area contributed by atoms with Crippen molar-refractivity contribution >= 4 is 47.0 Å². The highest BCUT2D eigenvalue weighted by molar-refractivity contribution is 6.39. The second-order valence-corrected chi connectivity index (χ2v) is 6.81. The van der Waals surface area contributed by atoms with Gasteiger partial charge >= 0.3 is 18.0 Å². The van der Waals surface area contributed by atoms with Crippen LogP contribution in [0.1, 0.15) is 22.3 Å². The third-order valence-corrected chi connectivity index (χ3v) is 4.41. The molecule has 1 atom stereocenters. The highest BCUT2D eigenvalue weighted by atomic mass is 35.5. The zero-order valence-corrected chi connectivity index (χ0v) is 17.0. The van der Waals surface area contributed by atoms with Crippen LogP contribution in [0.5, 0.6) is 0 Å². The number of carboxylic acid groups (broad SMARTS) is 1. The maximum Gasteiger partial charge on any atom is 0.408 e. The van der Waals surface area contributed by atoms with Crippen molar-refractivity contribution in [1.29, 1.82) is 0 Å². The summed E-state index contributed by atoms with van der Waals surface area (Å²) in [5.74, 6) is -3.14. The van der Waals surface area contributed by atoms with Crippen LogP contribution >= 0.6 is 23.2 Å². The number of aliphatic carboxylic acids is 1. The van der Waals surface area contributed by atoms with Gasteiger partial charge in [-0.05, 0) is 17.7 Å². The van der Waals surface area contributed by atoms with Crippen LogP contribution in [0.15, 0.2) is 48.5 Å². The summed E-state index contributed by atoms with van der Waals surface area (Å²) in [4.78, 5) is 47.4. The maximum absolute atomic E-state index is 12.3. The number of alkyl carbamates (subject to hydrolysis) is 1. The molecule has 0 radical (unpaired) electrons. The van der Waals surface area contributed by atoms with Crippen LogP contribution in [0, 0.1) is 0 Å². The Kier molecular flexibility index (Phi) is 8.64. The minimum Gasteiger partial charge on any atom is -0.481 e. The summed E-state index contributed by atoms with van der Waals surface area (Å²) in [6, 6.07) is 11.7. The molecular formula is C20H17Cl2NO7. The maximum atomic E-state index is 12.3. The quantitative estimate of drug-likeness (QED) is 0.557. The molecule has 2 N–H and O–H groups in total. The van der Waals surface area contributed by atoms with E-state index in [1.807, 2.05) is 0 Å². The molecule has 1 amide bonds. The highest BCUT2D eigenvalue weighted by Crippen LogP contribution is 2.24. The summed E-state index contributed by atoms with van der Waals surface area (Å²) in [7, 11) is 0. The van der Waals surface area contributed by atoms with Crippen molar-refractivity contribution < 1.29 is 33.8 Å². The van der Waals surface area contributed by atoms with Crippen LogP contribution in [0.25, 0.3) is 0 Å². The average molecular weight is 454 g/mol. The highest BCUT2D eigenvalue weighted by Gasteiger charge is 2.26. The lowest BCUT2D eigenvalue weighted by Crippen LogP contribution is -2.44. The van der Waals surface area contributed by atoms with Crippen molar-refractivity contribution in [2.24, 2.45) is 0 Å². The number of nitrogens with one attached hydrogen (secondary N) is 1. The standard InChI is InChI=1S/C20H17Cl2NO7/c21-13-7-4-8-14(22)18(13)19(27)29-11-16(24)15(9-17(25)26)23-20(28)30-10-12-5-2-1-3-6-12/h1-8,15H,9-11H2,(H,23,28)(H,25,26). The fourth-order valence-corrected chi connectivity index (χ4v) is 2.88. The Labute approximate surface area is 181 Å². The number of benzene rings is 2. The summed E-state index contributed by atoms with van der Waals surface area (Å²) >= 11 is 11.8. The van der Waals surface area contributed by atoms with Gasteiger partial charge in [0.25, 0.3) is 0 Å². The molecule has 0 aliphatic rings. The fourth-order valence-electron chi connectivity index (χ4n) is 2.33. The molecule has 0 saturated carbocycles. The molecule has 0 aliphatic heterocycles. The number of rotatable bonds is 9. The molecule has 158 valence electrons. The lowest BCUT2D eigenvalue weighted by Gasteiger charge is -2.16. The van der Waals surface area contributed by atoms with E-state index in [0.29, 0.717) is 5.56 Å². The summed E-state index contributed by atoms with van der Waals surface area (Å²) in [5, 5.41) is 11.2. The molecule has 2 aromatic carbocycles. The zero-order valence-electron chi connectivity index (χ0n) is 15.5. The van der Waals surface area contributed by atoms with Crippen LogP contribution in [-0.2, 0) is 25.7 Å². The Bertz CT molecular complexity index is 914. The number of esters is 1. The Morgan fingerprint density at radius 3 is 2.17 bits per heavy atom. The van der Waals surface area contributed by atoms with Gasteiger partial charge in [0.15, 0.2) is 12.4 Å². The van der Waals surface area contributed by atoms with Crippen LogP contribution in [0.3, 0.4) is 0 Å². The molecule has 0 aliphatic carbocycles. The molecule has 30 heavy (non-hydrogen) atoms. The van der Waals surface area contributed by atoms with Crippen molar-refractivity contribution in [3.63, 3.8) is 0 Å². The minimum atomic E-state index is -1.46. The number of hydrogen-bond donors (Lipinski definition) is 2. The van der Waals surface area contributed by atoms with Crippen molar-refractivity contribution in [1.82, 2.24) is 5.32 Å². The Balaban J connectivity index is 1.94. The first kappa shape index (κ1) is 23.2. The van der Waals surface area contributed by atoms with E-state index in [2.05, 4.69) is 5.32 Å². The van der Waals surface area contributed by atoms with Gasteiger partial charge in [-0.15, -0.1) is 0 Å². The van der Waals surface area contributed by atoms with Crippen LogP contribution < -0.4 is 5.32 Å². The molecule has 2 aromatic rings. The molecule has 0 bridgehead atoms. The molecule has 10 heteroatoms. The third-order valence-electron chi connectivity index (χ3n) is 3.78. The number of carboxylic acids is 1. The van der Waals surface area contributed by atoms with Gasteiger partial charge in [0, 0.05) is 0 Å². The number of ether oxygens (including phenoxy) is 2. The molecule has 0 heterocycles. The average Bonchev–Trinajstić information content (AvgIpc) is 2.70. The van der Waals surface area contributed by atoms with E-state index < -0.39 is 42.9 Å². The molecule has 8 nitrogen and oxygen atoms in total. The van der Waals surface area contributed by atoms with Crippen molar-refractivity contribution in [2.45, 2.75) is 19.1 Å². The van der Waals surface area contributed by atoms with E-state index in [4.69, 9.17) is 37.8 Å². The van der Waals surface area contributed by atoms with Gasteiger partial charge in [-0.3, -0.25) is 9.59 Å². The van der Waals surface area contributed by atoms with Crippen LogP contribution in [0.2, 0.25) is 10.0 Å². The van der Waals surface area contributed by atoms with Gasteiger partial charge in [0.05, 0.1) is 22.0 Å². The van der Waals surface area contributed by atoms with Crippen LogP contribution in [0.4, 0.5) is 4.79 Å². The van der Waals surface area contributed by atoms with E-state index in [1.54, 1.807) is 30.3 Å². The van der Waals surface area contributed by atoms with E-state index >= 15 is 0 Å². The number of halogens is 2. The molecule has 2 rings (SSSR count). The van der Waals surface area contributed by atoms with Crippen LogP contribution in [-0.4, -0.2) is 41.6 Å². The lowest BCUT2D eigenvalue weighted by molar-refractivity contribution is -0.139. The van der Waals surface area contributed by atoms with Gasteiger partial charge in [-0.1, -0.05) is 59.6 Å². The fraction of sp³-hybridized carbons (Fsp3) is 0.200. The lowest BCUT2D eigenvalue weighted by atomic mass is 10.1. The van der Waals surface area contributed by atoms with Crippen molar-refractivity contribution in [2.75, 3.05) is 6.61 Å². The molecule has 0 spiro atoms. The molecular weight excluding hydrogens is 437 g/mol.